The molecule has 1 aromatic rings. The Bertz CT molecular complexity index is 501. The van der Waals surface area contributed by atoms with Crippen LogP contribution in [0.5, 0.6) is 5.75 Å². The molecule has 0 atom stereocenters. The summed E-state index contributed by atoms with van der Waals surface area (Å²) in [5.41, 5.74) is -0.841. The number of halogens is 2. The van der Waals surface area contributed by atoms with Gasteiger partial charge in [0.1, 0.15) is 6.67 Å². The molecule has 0 aromatic heterocycles. The molecule has 5 nitrogen and oxygen atoms in total. The standard InChI is InChI=1S/C10H7BrFNO4/c11-6-4-7(9(14)2-1-3-12)10(15)8(5-6)13(16)17/h1-2,4-5,15H,3H2/b2-1+. The first-order chi connectivity index (χ1) is 7.97. The van der Waals surface area contributed by atoms with Crippen molar-refractivity contribution in [3.63, 3.8) is 0 Å². The van der Waals surface area contributed by atoms with Crippen LogP contribution in [0.15, 0.2) is 28.8 Å². The molecule has 0 amide bonds. The van der Waals surface area contributed by atoms with Crippen LogP contribution < -0.4 is 0 Å². The number of nitrogens with zero attached hydrogens (tertiary/aromatic N) is 1. The maximum Gasteiger partial charge on any atom is 0.312 e. The Hall–Kier alpha value is -1.76. The number of phenols is 1. The van der Waals surface area contributed by atoms with Gasteiger partial charge in [0.2, 0.25) is 5.75 Å². The number of ketones is 1. The van der Waals surface area contributed by atoms with Crippen molar-refractivity contribution in [1.82, 2.24) is 0 Å². The summed E-state index contributed by atoms with van der Waals surface area (Å²) in [5.74, 6) is -1.43. The van der Waals surface area contributed by atoms with Crippen molar-refractivity contribution in [1.29, 1.82) is 0 Å². The molecule has 0 spiro atoms. The van der Waals surface area contributed by atoms with E-state index in [1.54, 1.807) is 0 Å². The minimum absolute atomic E-state index is 0.254. The second-order valence-electron chi connectivity index (χ2n) is 3.00. The molecule has 0 aliphatic rings. The molecule has 1 aromatic carbocycles. The Balaban J connectivity index is 3.29. The number of phenolic OH excluding ortho intramolecular Hbond substituents is 1. The van der Waals surface area contributed by atoms with Gasteiger partial charge in [0, 0.05) is 10.5 Å². The van der Waals surface area contributed by atoms with Crippen molar-refractivity contribution in [3.8, 4) is 5.75 Å². The van der Waals surface area contributed by atoms with E-state index in [0.717, 1.165) is 18.2 Å². The van der Waals surface area contributed by atoms with Gasteiger partial charge in [-0.25, -0.2) is 4.39 Å². The Kier molecular flexibility index (Phi) is 4.33. The van der Waals surface area contributed by atoms with Gasteiger partial charge in [-0.05, 0) is 18.2 Å². The first-order valence-corrected chi connectivity index (χ1v) is 5.20. The number of aromatic hydroxyl groups is 1. The van der Waals surface area contributed by atoms with Gasteiger partial charge < -0.3 is 5.11 Å². The summed E-state index contributed by atoms with van der Waals surface area (Å²) in [7, 11) is 0. The van der Waals surface area contributed by atoms with Crippen LogP contribution in [-0.2, 0) is 0 Å². The predicted octanol–water partition coefficient (Wildman–Crippen LogP) is 2.77. The summed E-state index contributed by atoms with van der Waals surface area (Å²) in [6.45, 7) is -0.831. The van der Waals surface area contributed by atoms with Crippen molar-refractivity contribution in [3.05, 3.63) is 44.4 Å². The highest BCUT2D eigenvalue weighted by Crippen LogP contribution is 2.33. The van der Waals surface area contributed by atoms with Crippen LogP contribution in [0.1, 0.15) is 10.4 Å². The van der Waals surface area contributed by atoms with E-state index in [1.807, 2.05) is 0 Å². The van der Waals surface area contributed by atoms with Crippen molar-refractivity contribution in [2.75, 3.05) is 6.67 Å². The third-order valence-corrected chi connectivity index (χ3v) is 2.33. The quantitative estimate of drug-likeness (QED) is 0.401. The zero-order chi connectivity index (χ0) is 13.0. The number of rotatable bonds is 4. The molecule has 0 heterocycles. The van der Waals surface area contributed by atoms with Crippen molar-refractivity contribution in [2.45, 2.75) is 0 Å². The smallest absolute Gasteiger partial charge is 0.312 e. The number of hydrogen-bond donors (Lipinski definition) is 1. The number of allylic oxidation sites excluding steroid dienone is 2. The summed E-state index contributed by atoms with van der Waals surface area (Å²) in [4.78, 5) is 21.3. The molecule has 0 saturated carbocycles. The fourth-order valence-corrected chi connectivity index (χ4v) is 1.60. The number of nitro groups is 1. The lowest BCUT2D eigenvalue weighted by molar-refractivity contribution is -0.386. The van der Waals surface area contributed by atoms with Gasteiger partial charge in [-0.1, -0.05) is 15.9 Å². The van der Waals surface area contributed by atoms with Crippen molar-refractivity contribution in [2.24, 2.45) is 0 Å². The number of carbonyl (C=O) groups excluding carboxylic acids is 1. The number of benzene rings is 1. The Labute approximate surface area is 104 Å². The number of nitro benzene ring substituents is 1. The van der Waals surface area contributed by atoms with Crippen LogP contribution in [0, 0.1) is 10.1 Å². The highest BCUT2D eigenvalue weighted by Gasteiger charge is 2.21. The largest absolute Gasteiger partial charge is 0.502 e. The van der Waals surface area contributed by atoms with Gasteiger partial charge >= 0.3 is 5.69 Å². The summed E-state index contributed by atoms with van der Waals surface area (Å²) in [6, 6.07) is 2.30. The molecule has 0 radical (unpaired) electrons. The molecule has 0 unspecified atom stereocenters. The van der Waals surface area contributed by atoms with Crippen molar-refractivity contribution >= 4 is 27.4 Å². The highest BCUT2D eigenvalue weighted by atomic mass is 79.9. The minimum Gasteiger partial charge on any atom is -0.502 e. The van der Waals surface area contributed by atoms with Crippen LogP contribution in [-0.4, -0.2) is 22.5 Å². The maximum absolute atomic E-state index is 11.8. The fourth-order valence-electron chi connectivity index (χ4n) is 1.15. The fraction of sp³-hybridized carbons (Fsp3) is 0.100. The molecule has 0 aliphatic heterocycles. The van der Waals surface area contributed by atoms with E-state index < -0.39 is 28.8 Å². The van der Waals surface area contributed by atoms with Crippen LogP contribution in [0.3, 0.4) is 0 Å². The van der Waals surface area contributed by atoms with Crippen LogP contribution >= 0.6 is 15.9 Å². The highest BCUT2D eigenvalue weighted by molar-refractivity contribution is 9.10. The van der Waals surface area contributed by atoms with E-state index >= 15 is 0 Å². The normalized spacial score (nSPS) is 10.7. The number of hydrogen-bond acceptors (Lipinski definition) is 4. The second kappa shape index (κ2) is 5.53. The molecule has 1 rings (SSSR count). The van der Waals surface area contributed by atoms with Crippen LogP contribution in [0.4, 0.5) is 10.1 Å². The summed E-state index contributed by atoms with van der Waals surface area (Å²) in [6.07, 6.45) is 1.86. The maximum atomic E-state index is 11.8. The van der Waals surface area contributed by atoms with Gasteiger partial charge in [-0.2, -0.15) is 0 Å². The minimum atomic E-state index is -0.831. The zero-order valence-electron chi connectivity index (χ0n) is 8.39. The average molecular weight is 304 g/mol. The van der Waals surface area contributed by atoms with Gasteiger partial charge in [-0.3, -0.25) is 14.9 Å². The van der Waals surface area contributed by atoms with Crippen LogP contribution in [0.2, 0.25) is 0 Å². The topological polar surface area (TPSA) is 80.4 Å². The lowest BCUT2D eigenvalue weighted by Crippen LogP contribution is -1.99. The molecule has 7 heteroatoms. The molecule has 0 saturated heterocycles. The molecular formula is C10H7BrFNO4. The summed E-state index contributed by atoms with van der Waals surface area (Å²) >= 11 is 2.99. The molecule has 90 valence electrons. The molecular weight excluding hydrogens is 297 g/mol. The van der Waals surface area contributed by atoms with E-state index in [0.29, 0.717) is 0 Å². The van der Waals surface area contributed by atoms with Gasteiger partial charge in [0.05, 0.1) is 10.5 Å². The van der Waals surface area contributed by atoms with Gasteiger partial charge in [-0.15, -0.1) is 0 Å². The van der Waals surface area contributed by atoms with Crippen molar-refractivity contribution < 1.29 is 19.2 Å². The SMILES string of the molecule is O=C(/C=C/CF)c1cc(Br)cc([N+](=O)[O-])c1O. The first-order valence-electron chi connectivity index (χ1n) is 4.41. The third kappa shape index (κ3) is 3.10. The predicted molar refractivity (Wildman–Crippen MR) is 61.9 cm³/mol. The van der Waals surface area contributed by atoms with E-state index in [9.17, 15) is 24.4 Å². The Morgan fingerprint density at radius 1 is 1.59 bits per heavy atom. The van der Waals surface area contributed by atoms with E-state index in [-0.39, 0.29) is 10.0 Å². The number of carbonyl (C=O) groups is 1. The monoisotopic (exact) mass is 303 g/mol. The lowest BCUT2D eigenvalue weighted by Gasteiger charge is -2.02. The Morgan fingerprint density at radius 2 is 2.24 bits per heavy atom. The van der Waals surface area contributed by atoms with Gasteiger partial charge in [0.25, 0.3) is 0 Å². The van der Waals surface area contributed by atoms with E-state index in [1.165, 1.54) is 6.07 Å². The zero-order valence-corrected chi connectivity index (χ0v) is 9.98. The van der Waals surface area contributed by atoms with Gasteiger partial charge in [0.15, 0.2) is 5.78 Å². The first kappa shape index (κ1) is 13.3. The lowest BCUT2D eigenvalue weighted by atomic mass is 10.1. The molecule has 1 N–H and O–H groups in total. The third-order valence-electron chi connectivity index (χ3n) is 1.88. The Morgan fingerprint density at radius 3 is 2.76 bits per heavy atom. The van der Waals surface area contributed by atoms with Crippen LogP contribution in [0.25, 0.3) is 0 Å². The number of alkyl halides is 1. The molecule has 0 aliphatic carbocycles. The van der Waals surface area contributed by atoms with E-state index in [4.69, 9.17) is 0 Å². The summed E-state index contributed by atoms with van der Waals surface area (Å²) < 4.78 is 12.1. The second-order valence-corrected chi connectivity index (χ2v) is 3.91. The van der Waals surface area contributed by atoms with E-state index in [2.05, 4.69) is 15.9 Å². The summed E-state index contributed by atoms with van der Waals surface area (Å²) in [5, 5.41) is 20.1. The molecule has 17 heavy (non-hydrogen) atoms. The molecule has 0 fully saturated rings. The molecule has 0 bridgehead atoms. The average Bonchev–Trinajstić information content (AvgIpc) is 2.28.